The minimum Gasteiger partial charge on any atom is -0.502 e. The Hall–Kier alpha value is -3.04. The maximum Gasteiger partial charge on any atom is 0.139 e. The molecule has 0 spiro atoms. The third-order valence-corrected chi connectivity index (χ3v) is 5.79. The molecule has 0 radical (unpaired) electrons. The van der Waals surface area contributed by atoms with E-state index in [2.05, 4.69) is 6.58 Å². The van der Waals surface area contributed by atoms with Crippen molar-refractivity contribution in [2.75, 3.05) is 20.3 Å². The molecular weight excluding hydrogens is 452 g/mol. The van der Waals surface area contributed by atoms with Crippen LogP contribution in [0.15, 0.2) is 59.7 Å². The molecule has 3 rings (SSSR count). The van der Waals surface area contributed by atoms with Gasteiger partial charge >= 0.3 is 0 Å². The first-order valence-electron chi connectivity index (χ1n) is 11.6. The van der Waals surface area contributed by atoms with Gasteiger partial charge in [-0.1, -0.05) is 12.6 Å². The van der Waals surface area contributed by atoms with E-state index in [9.17, 15) is 20.4 Å². The summed E-state index contributed by atoms with van der Waals surface area (Å²) in [6, 6.07) is 13.1. The largest absolute Gasteiger partial charge is 0.502 e. The Labute approximate surface area is 205 Å². The molecule has 0 bridgehead atoms. The minimum absolute atomic E-state index is 0.188. The summed E-state index contributed by atoms with van der Waals surface area (Å²) in [6.07, 6.45) is -2.78. The molecule has 190 valence electrons. The molecule has 2 aromatic carbocycles. The summed E-state index contributed by atoms with van der Waals surface area (Å²) in [5.41, 5.74) is 2.52. The molecule has 0 fully saturated rings. The number of fused-ring (bicyclic) bond motifs is 1. The maximum atomic E-state index is 10.3. The van der Waals surface area contributed by atoms with Crippen molar-refractivity contribution in [2.45, 2.75) is 50.6 Å². The number of ether oxygens (including phenoxy) is 3. The van der Waals surface area contributed by atoms with Crippen LogP contribution in [0.25, 0.3) is 22.3 Å². The number of aliphatic hydroxyl groups excluding tert-OH is 4. The third-order valence-electron chi connectivity index (χ3n) is 5.79. The van der Waals surface area contributed by atoms with E-state index >= 15 is 0 Å². The van der Waals surface area contributed by atoms with Gasteiger partial charge in [-0.05, 0) is 55.7 Å². The second-order valence-electron chi connectivity index (χ2n) is 8.51. The van der Waals surface area contributed by atoms with Crippen LogP contribution in [0.5, 0.6) is 11.5 Å². The summed E-state index contributed by atoms with van der Waals surface area (Å²) in [7, 11) is 1.62. The van der Waals surface area contributed by atoms with E-state index < -0.39 is 24.4 Å². The van der Waals surface area contributed by atoms with Gasteiger partial charge in [0.2, 0.25) is 0 Å². The Kier molecular flexibility index (Phi) is 9.56. The SMILES string of the molecule is C=COCCCC(O)C(O)CC(O)C(O)COc1ccc2cc(-c3ccc(C)cc3OC)oc2c1. The molecular formula is C27H34O8. The van der Waals surface area contributed by atoms with Crippen molar-refractivity contribution in [3.63, 3.8) is 0 Å². The highest BCUT2D eigenvalue weighted by Gasteiger charge is 2.25. The molecule has 0 saturated heterocycles. The average Bonchev–Trinajstić information content (AvgIpc) is 3.27. The monoisotopic (exact) mass is 486 g/mol. The molecule has 4 unspecified atom stereocenters. The molecule has 35 heavy (non-hydrogen) atoms. The van der Waals surface area contributed by atoms with E-state index in [-0.39, 0.29) is 13.0 Å². The Morgan fingerprint density at radius 1 is 0.971 bits per heavy atom. The van der Waals surface area contributed by atoms with Gasteiger partial charge in [0, 0.05) is 17.9 Å². The third kappa shape index (κ3) is 7.22. The summed E-state index contributed by atoms with van der Waals surface area (Å²) in [5.74, 6) is 1.84. The van der Waals surface area contributed by atoms with Crippen LogP contribution in [0.2, 0.25) is 0 Å². The second-order valence-corrected chi connectivity index (χ2v) is 8.51. The molecule has 4 N–H and O–H groups in total. The fourth-order valence-electron chi connectivity index (χ4n) is 3.74. The summed E-state index contributed by atoms with van der Waals surface area (Å²) < 4.78 is 22.1. The topological polar surface area (TPSA) is 122 Å². The van der Waals surface area contributed by atoms with E-state index in [1.54, 1.807) is 19.2 Å². The summed E-state index contributed by atoms with van der Waals surface area (Å²) in [5, 5.41) is 41.5. The van der Waals surface area contributed by atoms with Gasteiger partial charge in [0.05, 0.1) is 43.9 Å². The van der Waals surface area contributed by atoms with Crippen molar-refractivity contribution in [1.82, 2.24) is 0 Å². The molecule has 8 nitrogen and oxygen atoms in total. The average molecular weight is 487 g/mol. The molecule has 1 heterocycles. The van der Waals surface area contributed by atoms with Gasteiger partial charge < -0.3 is 39.1 Å². The van der Waals surface area contributed by atoms with Crippen molar-refractivity contribution < 1.29 is 39.1 Å². The Bertz CT molecular complexity index is 1090. The first-order valence-corrected chi connectivity index (χ1v) is 11.6. The summed E-state index contributed by atoms with van der Waals surface area (Å²) in [4.78, 5) is 0. The van der Waals surface area contributed by atoms with Crippen molar-refractivity contribution in [3.05, 3.63) is 60.9 Å². The van der Waals surface area contributed by atoms with Gasteiger partial charge in [-0.15, -0.1) is 0 Å². The molecule has 0 amide bonds. The van der Waals surface area contributed by atoms with Crippen molar-refractivity contribution in [1.29, 1.82) is 0 Å². The van der Waals surface area contributed by atoms with Crippen LogP contribution in [0.3, 0.4) is 0 Å². The Balaban J connectivity index is 1.56. The Morgan fingerprint density at radius 3 is 2.49 bits per heavy atom. The molecule has 8 heteroatoms. The number of rotatable bonds is 14. The fraction of sp³-hybridized carbons (Fsp3) is 0.407. The van der Waals surface area contributed by atoms with Crippen LogP contribution in [-0.4, -0.2) is 65.2 Å². The molecule has 0 aliphatic heterocycles. The predicted octanol–water partition coefficient (Wildman–Crippen LogP) is 3.57. The van der Waals surface area contributed by atoms with E-state index in [1.165, 1.54) is 6.26 Å². The Morgan fingerprint density at radius 2 is 1.74 bits per heavy atom. The van der Waals surface area contributed by atoms with E-state index in [1.807, 2.05) is 37.3 Å². The zero-order valence-corrected chi connectivity index (χ0v) is 20.1. The quantitative estimate of drug-likeness (QED) is 0.202. The van der Waals surface area contributed by atoms with E-state index in [0.717, 1.165) is 22.3 Å². The van der Waals surface area contributed by atoms with Crippen LogP contribution >= 0.6 is 0 Å². The smallest absolute Gasteiger partial charge is 0.139 e. The van der Waals surface area contributed by atoms with Crippen LogP contribution in [0.4, 0.5) is 0 Å². The maximum absolute atomic E-state index is 10.3. The van der Waals surface area contributed by atoms with E-state index in [4.69, 9.17) is 18.6 Å². The molecule has 4 atom stereocenters. The number of furan rings is 1. The van der Waals surface area contributed by atoms with Gasteiger partial charge in [0.15, 0.2) is 0 Å². The highest BCUT2D eigenvalue weighted by molar-refractivity contribution is 5.85. The number of benzene rings is 2. The minimum atomic E-state index is -1.27. The summed E-state index contributed by atoms with van der Waals surface area (Å²) >= 11 is 0. The van der Waals surface area contributed by atoms with Crippen LogP contribution < -0.4 is 9.47 Å². The standard InChI is InChI=1S/C27H34O8/c1-4-33-11-5-6-21(28)22(29)15-23(30)24(31)16-34-19-9-8-18-13-27(35-25(18)14-19)20-10-7-17(2)12-26(20)32-3/h4,7-10,12-14,21-24,28-31H,1,5-6,11,15-16H2,2-3H3. The molecule has 0 saturated carbocycles. The number of aryl methyl sites for hydroxylation is 1. The lowest BCUT2D eigenvalue weighted by Crippen LogP contribution is -2.38. The lowest BCUT2D eigenvalue weighted by Gasteiger charge is -2.23. The van der Waals surface area contributed by atoms with Crippen LogP contribution in [0.1, 0.15) is 24.8 Å². The number of methoxy groups -OCH3 is 1. The zero-order chi connectivity index (χ0) is 25.4. The van der Waals surface area contributed by atoms with E-state index in [0.29, 0.717) is 36.5 Å². The van der Waals surface area contributed by atoms with Crippen LogP contribution in [0, 0.1) is 6.92 Å². The number of hydrogen-bond donors (Lipinski definition) is 4. The normalized spacial score (nSPS) is 14.8. The fourth-order valence-corrected chi connectivity index (χ4v) is 3.74. The molecule has 3 aromatic rings. The highest BCUT2D eigenvalue weighted by atomic mass is 16.5. The molecule has 0 aliphatic carbocycles. The van der Waals surface area contributed by atoms with Gasteiger partial charge in [0.1, 0.15) is 35.6 Å². The van der Waals surface area contributed by atoms with Crippen molar-refractivity contribution in [2.24, 2.45) is 0 Å². The van der Waals surface area contributed by atoms with Crippen molar-refractivity contribution >= 4 is 11.0 Å². The summed E-state index contributed by atoms with van der Waals surface area (Å²) in [6.45, 7) is 5.61. The molecule has 0 aliphatic rings. The first-order chi connectivity index (χ1) is 16.8. The lowest BCUT2D eigenvalue weighted by atomic mass is 10.0. The second kappa shape index (κ2) is 12.6. The van der Waals surface area contributed by atoms with Gasteiger partial charge in [-0.3, -0.25) is 0 Å². The first kappa shape index (κ1) is 26.6. The van der Waals surface area contributed by atoms with Gasteiger partial charge in [-0.2, -0.15) is 0 Å². The molecule has 1 aromatic heterocycles. The lowest BCUT2D eigenvalue weighted by molar-refractivity contribution is -0.0604. The van der Waals surface area contributed by atoms with Crippen LogP contribution in [-0.2, 0) is 4.74 Å². The number of aliphatic hydroxyl groups is 4. The zero-order valence-electron chi connectivity index (χ0n) is 20.1. The van der Waals surface area contributed by atoms with Gasteiger partial charge in [-0.25, -0.2) is 0 Å². The number of hydrogen-bond acceptors (Lipinski definition) is 8. The van der Waals surface area contributed by atoms with Gasteiger partial charge in [0.25, 0.3) is 0 Å². The van der Waals surface area contributed by atoms with Crippen molar-refractivity contribution in [3.8, 4) is 22.8 Å². The highest BCUT2D eigenvalue weighted by Crippen LogP contribution is 2.35. The predicted molar refractivity (Wildman–Crippen MR) is 132 cm³/mol.